The second-order valence-electron chi connectivity index (χ2n) is 5.33. The second-order valence-corrected chi connectivity index (χ2v) is 5.33. The summed E-state index contributed by atoms with van der Waals surface area (Å²) in [5, 5.41) is 11.9. The van der Waals surface area contributed by atoms with Crippen molar-refractivity contribution >= 4 is 11.9 Å². The minimum Gasteiger partial charge on any atom is -0.481 e. The summed E-state index contributed by atoms with van der Waals surface area (Å²) in [7, 11) is 0. The first-order chi connectivity index (χ1) is 8.09. The average molecular weight is 240 g/mol. The third-order valence-corrected chi connectivity index (χ3v) is 4.23. The molecule has 0 heterocycles. The van der Waals surface area contributed by atoms with Gasteiger partial charge in [0, 0.05) is 13.1 Å². The maximum Gasteiger partial charge on any atom is 0.306 e. The van der Waals surface area contributed by atoms with Crippen molar-refractivity contribution in [3.8, 4) is 0 Å². The molecule has 2 fully saturated rings. The molecule has 0 aromatic carbocycles. The molecule has 1 amide bonds. The molecule has 0 bridgehead atoms. The first kappa shape index (κ1) is 12.4. The van der Waals surface area contributed by atoms with Crippen LogP contribution in [0.4, 0.5) is 0 Å². The summed E-state index contributed by atoms with van der Waals surface area (Å²) in [6, 6.07) is 0. The quantitative estimate of drug-likeness (QED) is 0.646. The van der Waals surface area contributed by atoms with Gasteiger partial charge in [-0.25, -0.2) is 0 Å². The normalized spacial score (nSPS) is 29.9. The molecule has 0 radical (unpaired) electrons. The maximum atomic E-state index is 11.9. The van der Waals surface area contributed by atoms with Crippen LogP contribution in [0.15, 0.2) is 0 Å². The summed E-state index contributed by atoms with van der Waals surface area (Å²) >= 11 is 0. The van der Waals surface area contributed by atoms with E-state index in [1.165, 1.54) is 0 Å². The molecule has 0 aromatic rings. The molecule has 2 atom stereocenters. The summed E-state index contributed by atoms with van der Waals surface area (Å²) in [6.07, 6.45) is 4.30. The number of amides is 1. The molecule has 5 nitrogen and oxygen atoms in total. The van der Waals surface area contributed by atoms with Crippen molar-refractivity contribution < 1.29 is 14.7 Å². The maximum absolute atomic E-state index is 11.9. The van der Waals surface area contributed by atoms with E-state index in [0.717, 1.165) is 32.1 Å². The van der Waals surface area contributed by atoms with E-state index in [0.29, 0.717) is 13.1 Å². The van der Waals surface area contributed by atoms with Crippen LogP contribution in [0.3, 0.4) is 0 Å². The summed E-state index contributed by atoms with van der Waals surface area (Å²) in [4.78, 5) is 22.8. The summed E-state index contributed by atoms with van der Waals surface area (Å²) < 4.78 is 0. The van der Waals surface area contributed by atoms with Crippen molar-refractivity contribution in [3.63, 3.8) is 0 Å². The standard InChI is InChI=1S/C12H20N2O3/c13-7-12(4-5-12)11(17)14-6-8-2-1-3-9(8)10(15)16/h8-9H,1-7,13H2,(H,14,17)(H,15,16). The van der Waals surface area contributed by atoms with E-state index in [1.807, 2.05) is 0 Å². The zero-order chi connectivity index (χ0) is 12.5. The molecule has 0 spiro atoms. The molecule has 0 aromatic heterocycles. The number of carbonyl (C=O) groups is 2. The Bertz CT molecular complexity index is 326. The zero-order valence-electron chi connectivity index (χ0n) is 9.95. The van der Waals surface area contributed by atoms with E-state index in [4.69, 9.17) is 10.8 Å². The predicted molar refractivity (Wildman–Crippen MR) is 62.2 cm³/mol. The number of nitrogens with two attached hydrogens (primary N) is 1. The molecule has 2 unspecified atom stereocenters. The van der Waals surface area contributed by atoms with Gasteiger partial charge in [-0.05, 0) is 31.6 Å². The van der Waals surface area contributed by atoms with Crippen molar-refractivity contribution in [1.82, 2.24) is 5.32 Å². The summed E-state index contributed by atoms with van der Waals surface area (Å²) in [5.41, 5.74) is 5.24. The van der Waals surface area contributed by atoms with Crippen LogP contribution >= 0.6 is 0 Å². The predicted octanol–water partition coefficient (Wildman–Crippen LogP) is 0.342. The Kier molecular flexibility index (Phi) is 3.38. The number of aliphatic carboxylic acids is 1. The second kappa shape index (κ2) is 4.64. The number of rotatable bonds is 5. The topological polar surface area (TPSA) is 92.4 Å². The smallest absolute Gasteiger partial charge is 0.306 e. The minimum absolute atomic E-state index is 0.0102. The summed E-state index contributed by atoms with van der Waals surface area (Å²) in [6.45, 7) is 0.878. The highest BCUT2D eigenvalue weighted by Crippen LogP contribution is 2.44. The molecule has 2 aliphatic carbocycles. The van der Waals surface area contributed by atoms with Gasteiger partial charge in [-0.1, -0.05) is 6.42 Å². The Labute approximate surface area is 101 Å². The number of hydrogen-bond donors (Lipinski definition) is 3. The number of carboxylic acid groups (broad SMARTS) is 1. The van der Waals surface area contributed by atoms with Crippen LogP contribution in [0.25, 0.3) is 0 Å². The highest BCUT2D eigenvalue weighted by atomic mass is 16.4. The largest absolute Gasteiger partial charge is 0.481 e. The third-order valence-electron chi connectivity index (χ3n) is 4.23. The Balaban J connectivity index is 1.82. The van der Waals surface area contributed by atoms with Crippen molar-refractivity contribution in [2.24, 2.45) is 23.0 Å². The SMILES string of the molecule is NCC1(C(=O)NCC2CCCC2C(=O)O)CC1. The lowest BCUT2D eigenvalue weighted by molar-refractivity contribution is -0.143. The Morgan fingerprint density at radius 2 is 2.06 bits per heavy atom. The van der Waals surface area contributed by atoms with Gasteiger partial charge in [0.05, 0.1) is 11.3 Å². The minimum atomic E-state index is -0.735. The average Bonchev–Trinajstić information content (AvgIpc) is 2.97. The molecule has 5 heteroatoms. The lowest BCUT2D eigenvalue weighted by Gasteiger charge is -2.18. The number of carbonyl (C=O) groups excluding carboxylic acids is 1. The number of nitrogens with one attached hydrogen (secondary N) is 1. The van der Waals surface area contributed by atoms with Crippen molar-refractivity contribution in [3.05, 3.63) is 0 Å². The van der Waals surface area contributed by atoms with Crippen molar-refractivity contribution in [1.29, 1.82) is 0 Å². The lowest BCUT2D eigenvalue weighted by atomic mass is 9.96. The van der Waals surface area contributed by atoms with E-state index in [9.17, 15) is 9.59 Å². The van der Waals surface area contributed by atoms with Crippen LogP contribution in [-0.2, 0) is 9.59 Å². The Morgan fingerprint density at radius 3 is 2.59 bits per heavy atom. The Hall–Kier alpha value is -1.10. The van der Waals surface area contributed by atoms with Crippen LogP contribution in [0.1, 0.15) is 32.1 Å². The van der Waals surface area contributed by atoms with Crippen LogP contribution < -0.4 is 11.1 Å². The molecular formula is C12H20N2O3. The molecule has 0 aliphatic heterocycles. The molecule has 96 valence electrons. The van der Waals surface area contributed by atoms with E-state index >= 15 is 0 Å². The van der Waals surface area contributed by atoms with Crippen LogP contribution in [0, 0.1) is 17.3 Å². The van der Waals surface area contributed by atoms with Gasteiger partial charge >= 0.3 is 5.97 Å². The third kappa shape index (κ3) is 2.44. The molecular weight excluding hydrogens is 220 g/mol. The monoisotopic (exact) mass is 240 g/mol. The lowest BCUT2D eigenvalue weighted by Crippen LogP contribution is -2.40. The number of carboxylic acids is 1. The van der Waals surface area contributed by atoms with E-state index < -0.39 is 5.97 Å². The van der Waals surface area contributed by atoms with E-state index in [2.05, 4.69) is 5.32 Å². The van der Waals surface area contributed by atoms with Gasteiger partial charge in [0.1, 0.15) is 0 Å². The molecule has 2 saturated carbocycles. The molecule has 17 heavy (non-hydrogen) atoms. The van der Waals surface area contributed by atoms with Gasteiger partial charge in [0.15, 0.2) is 0 Å². The first-order valence-corrected chi connectivity index (χ1v) is 6.30. The van der Waals surface area contributed by atoms with Crippen molar-refractivity contribution in [2.75, 3.05) is 13.1 Å². The van der Waals surface area contributed by atoms with E-state index in [-0.39, 0.29) is 23.2 Å². The van der Waals surface area contributed by atoms with Crippen LogP contribution in [0.5, 0.6) is 0 Å². The van der Waals surface area contributed by atoms with Crippen molar-refractivity contribution in [2.45, 2.75) is 32.1 Å². The first-order valence-electron chi connectivity index (χ1n) is 6.30. The molecule has 2 rings (SSSR count). The molecule has 4 N–H and O–H groups in total. The highest BCUT2D eigenvalue weighted by Gasteiger charge is 2.48. The van der Waals surface area contributed by atoms with Gasteiger partial charge in [0.2, 0.25) is 5.91 Å². The van der Waals surface area contributed by atoms with Gasteiger partial charge in [-0.2, -0.15) is 0 Å². The fourth-order valence-electron chi connectivity index (χ4n) is 2.69. The number of hydrogen-bond acceptors (Lipinski definition) is 3. The molecule has 0 saturated heterocycles. The highest BCUT2D eigenvalue weighted by molar-refractivity contribution is 5.85. The van der Waals surface area contributed by atoms with E-state index in [1.54, 1.807) is 0 Å². The van der Waals surface area contributed by atoms with Gasteiger partial charge in [-0.15, -0.1) is 0 Å². The van der Waals surface area contributed by atoms with Crippen LogP contribution in [-0.4, -0.2) is 30.1 Å². The zero-order valence-corrected chi connectivity index (χ0v) is 9.95. The van der Waals surface area contributed by atoms with Gasteiger partial charge in [-0.3, -0.25) is 9.59 Å². The van der Waals surface area contributed by atoms with Gasteiger partial charge in [0.25, 0.3) is 0 Å². The fourth-order valence-corrected chi connectivity index (χ4v) is 2.69. The fraction of sp³-hybridized carbons (Fsp3) is 0.833. The van der Waals surface area contributed by atoms with Gasteiger partial charge < -0.3 is 16.2 Å². The summed E-state index contributed by atoms with van der Waals surface area (Å²) in [5.74, 6) is -0.925. The Morgan fingerprint density at radius 1 is 1.35 bits per heavy atom. The molecule has 2 aliphatic rings. The van der Waals surface area contributed by atoms with Crippen LogP contribution in [0.2, 0.25) is 0 Å².